The van der Waals surface area contributed by atoms with E-state index in [2.05, 4.69) is 10.0 Å². The molecule has 30 heavy (non-hydrogen) atoms. The number of anilines is 2. The zero-order valence-electron chi connectivity index (χ0n) is 16.3. The van der Waals surface area contributed by atoms with Crippen molar-refractivity contribution in [1.29, 1.82) is 0 Å². The average Bonchev–Trinajstić information content (AvgIpc) is 2.71. The molecule has 0 heterocycles. The van der Waals surface area contributed by atoms with E-state index in [1.54, 1.807) is 24.3 Å². The lowest BCUT2D eigenvalue weighted by atomic mass is 10.2. The molecule has 0 radical (unpaired) electrons. The summed E-state index contributed by atoms with van der Waals surface area (Å²) in [6.45, 7) is 2.02. The zero-order chi connectivity index (χ0) is 21.6. The molecule has 0 aliphatic carbocycles. The predicted molar refractivity (Wildman–Crippen MR) is 120 cm³/mol. The maximum absolute atomic E-state index is 13.1. The van der Waals surface area contributed by atoms with Gasteiger partial charge in [-0.25, -0.2) is 12.8 Å². The van der Waals surface area contributed by atoms with E-state index in [9.17, 15) is 17.6 Å². The Hall–Kier alpha value is -2.84. The molecule has 3 rings (SSSR count). The Kier molecular flexibility index (Phi) is 7.12. The van der Waals surface area contributed by atoms with Crippen LogP contribution >= 0.6 is 11.8 Å². The summed E-state index contributed by atoms with van der Waals surface area (Å²) in [6.07, 6.45) is 0. The number of carbonyl (C=O) groups excluding carboxylic acids is 1. The molecular formula is C22H21FN2O3S2. The van der Waals surface area contributed by atoms with Crippen molar-refractivity contribution in [2.75, 3.05) is 15.8 Å². The third-order valence-corrected chi connectivity index (χ3v) is 6.58. The molecule has 3 aromatic rings. The number of amides is 1. The minimum atomic E-state index is -3.92. The SMILES string of the molecule is Cc1ccc(CSCC(=O)Nc2ccccc2NS(=O)(=O)c2ccc(F)cc2)cc1. The van der Waals surface area contributed by atoms with E-state index < -0.39 is 15.8 Å². The van der Waals surface area contributed by atoms with Gasteiger partial charge < -0.3 is 5.32 Å². The van der Waals surface area contributed by atoms with Gasteiger partial charge in [0.05, 0.1) is 22.0 Å². The Morgan fingerprint density at radius 1 is 0.933 bits per heavy atom. The van der Waals surface area contributed by atoms with Crippen LogP contribution in [-0.4, -0.2) is 20.1 Å². The van der Waals surface area contributed by atoms with Gasteiger partial charge in [0.1, 0.15) is 5.82 Å². The highest BCUT2D eigenvalue weighted by Gasteiger charge is 2.17. The number of carbonyl (C=O) groups is 1. The minimum absolute atomic E-state index is 0.0707. The summed E-state index contributed by atoms with van der Waals surface area (Å²) in [6, 6.07) is 19.1. The first-order valence-corrected chi connectivity index (χ1v) is 11.8. The van der Waals surface area contributed by atoms with Gasteiger partial charge in [0.15, 0.2) is 0 Å². The molecule has 0 aliphatic heterocycles. The first kappa shape index (κ1) is 21.9. The van der Waals surface area contributed by atoms with Gasteiger partial charge in [0, 0.05) is 5.75 Å². The molecule has 0 unspecified atom stereocenters. The number of hydrogen-bond acceptors (Lipinski definition) is 4. The number of halogens is 1. The van der Waals surface area contributed by atoms with Gasteiger partial charge in [-0.1, -0.05) is 42.0 Å². The monoisotopic (exact) mass is 444 g/mol. The van der Waals surface area contributed by atoms with Gasteiger partial charge in [0.2, 0.25) is 5.91 Å². The quantitative estimate of drug-likeness (QED) is 0.523. The highest BCUT2D eigenvalue weighted by molar-refractivity contribution is 7.99. The third-order valence-electron chi connectivity index (χ3n) is 4.19. The smallest absolute Gasteiger partial charge is 0.261 e. The van der Waals surface area contributed by atoms with Crippen molar-refractivity contribution in [1.82, 2.24) is 0 Å². The first-order valence-electron chi connectivity index (χ1n) is 9.14. The second-order valence-corrected chi connectivity index (χ2v) is 9.30. The molecule has 1 amide bonds. The number of thioether (sulfide) groups is 1. The van der Waals surface area contributed by atoms with E-state index in [-0.39, 0.29) is 22.2 Å². The molecule has 0 fully saturated rings. The molecule has 0 aromatic heterocycles. The summed E-state index contributed by atoms with van der Waals surface area (Å²) in [4.78, 5) is 12.3. The average molecular weight is 445 g/mol. The summed E-state index contributed by atoms with van der Waals surface area (Å²) in [7, 11) is -3.92. The molecule has 8 heteroatoms. The predicted octanol–water partition coefficient (Wildman–Crippen LogP) is 4.81. The molecule has 0 atom stereocenters. The third kappa shape index (κ3) is 6.08. The van der Waals surface area contributed by atoms with Crippen molar-refractivity contribution in [3.63, 3.8) is 0 Å². The molecule has 0 spiro atoms. The summed E-state index contributed by atoms with van der Waals surface area (Å²) in [5.74, 6) is 0.171. The fourth-order valence-corrected chi connectivity index (χ4v) is 4.50. The van der Waals surface area contributed by atoms with Crippen LogP contribution in [0.15, 0.2) is 77.7 Å². The van der Waals surface area contributed by atoms with Crippen LogP contribution in [0, 0.1) is 12.7 Å². The van der Waals surface area contributed by atoms with Crippen molar-refractivity contribution < 1.29 is 17.6 Å². The summed E-state index contributed by atoms with van der Waals surface area (Å²) in [5.41, 5.74) is 2.90. The van der Waals surface area contributed by atoms with Crippen molar-refractivity contribution in [3.05, 3.63) is 89.7 Å². The first-order chi connectivity index (χ1) is 14.3. The number of sulfonamides is 1. The lowest BCUT2D eigenvalue weighted by Gasteiger charge is -2.13. The Morgan fingerprint density at radius 2 is 1.57 bits per heavy atom. The lowest BCUT2D eigenvalue weighted by molar-refractivity contribution is -0.113. The van der Waals surface area contributed by atoms with Crippen molar-refractivity contribution >= 4 is 39.1 Å². The molecule has 3 aromatic carbocycles. The van der Waals surface area contributed by atoms with E-state index >= 15 is 0 Å². The Balaban J connectivity index is 1.62. The van der Waals surface area contributed by atoms with Gasteiger partial charge in [-0.3, -0.25) is 9.52 Å². The van der Waals surface area contributed by atoms with Crippen molar-refractivity contribution in [2.45, 2.75) is 17.6 Å². The molecule has 0 saturated heterocycles. The van der Waals surface area contributed by atoms with Crippen LogP contribution < -0.4 is 10.0 Å². The second-order valence-electron chi connectivity index (χ2n) is 6.63. The van der Waals surface area contributed by atoms with E-state index in [0.29, 0.717) is 11.4 Å². The Labute approximate surface area is 179 Å². The standard InChI is InChI=1S/C22H21FN2O3S2/c1-16-6-8-17(9-7-16)14-29-15-22(26)24-20-4-2-3-5-21(20)25-30(27,28)19-12-10-18(23)11-13-19/h2-13,25H,14-15H2,1H3,(H,24,26). The largest absolute Gasteiger partial charge is 0.324 e. The second kappa shape index (κ2) is 9.77. The number of aryl methyl sites for hydroxylation is 1. The van der Waals surface area contributed by atoms with Gasteiger partial charge >= 0.3 is 0 Å². The van der Waals surface area contributed by atoms with E-state index in [1.807, 2.05) is 31.2 Å². The highest BCUT2D eigenvalue weighted by Crippen LogP contribution is 2.25. The topological polar surface area (TPSA) is 75.3 Å². The van der Waals surface area contributed by atoms with E-state index in [4.69, 9.17) is 0 Å². The summed E-state index contributed by atoms with van der Waals surface area (Å²) >= 11 is 1.47. The lowest BCUT2D eigenvalue weighted by Crippen LogP contribution is -2.18. The normalized spacial score (nSPS) is 11.1. The maximum Gasteiger partial charge on any atom is 0.261 e. The molecule has 156 valence electrons. The van der Waals surface area contributed by atoms with Crippen LogP contribution in [0.25, 0.3) is 0 Å². The van der Waals surface area contributed by atoms with Crippen molar-refractivity contribution in [3.8, 4) is 0 Å². The van der Waals surface area contributed by atoms with Crippen LogP contribution in [0.3, 0.4) is 0 Å². The molecule has 5 nitrogen and oxygen atoms in total. The number of para-hydroxylation sites is 2. The van der Waals surface area contributed by atoms with E-state index in [1.165, 1.54) is 29.5 Å². The molecule has 0 bridgehead atoms. The highest BCUT2D eigenvalue weighted by atomic mass is 32.2. The van der Waals surface area contributed by atoms with Gasteiger partial charge in [0.25, 0.3) is 10.0 Å². The van der Waals surface area contributed by atoms with Crippen LogP contribution in [0.4, 0.5) is 15.8 Å². The molecular weight excluding hydrogens is 423 g/mol. The summed E-state index contributed by atoms with van der Waals surface area (Å²) < 4.78 is 40.6. The van der Waals surface area contributed by atoms with Gasteiger partial charge in [-0.15, -0.1) is 11.8 Å². The van der Waals surface area contributed by atoms with Crippen LogP contribution in [0.1, 0.15) is 11.1 Å². The minimum Gasteiger partial charge on any atom is -0.324 e. The molecule has 0 aliphatic rings. The fourth-order valence-electron chi connectivity index (χ4n) is 2.63. The fraction of sp³-hybridized carbons (Fsp3) is 0.136. The van der Waals surface area contributed by atoms with Gasteiger partial charge in [-0.2, -0.15) is 0 Å². The summed E-state index contributed by atoms with van der Waals surface area (Å²) in [5, 5.41) is 2.74. The Bertz CT molecular complexity index is 1120. The van der Waals surface area contributed by atoms with Crippen LogP contribution in [0.2, 0.25) is 0 Å². The maximum atomic E-state index is 13.1. The van der Waals surface area contributed by atoms with Crippen LogP contribution in [0.5, 0.6) is 0 Å². The number of benzene rings is 3. The molecule has 0 saturated carbocycles. The van der Waals surface area contributed by atoms with E-state index in [0.717, 1.165) is 17.7 Å². The molecule has 2 N–H and O–H groups in total. The zero-order valence-corrected chi connectivity index (χ0v) is 17.9. The Morgan fingerprint density at radius 3 is 2.23 bits per heavy atom. The number of rotatable bonds is 8. The number of hydrogen-bond donors (Lipinski definition) is 2. The van der Waals surface area contributed by atoms with Crippen molar-refractivity contribution in [2.24, 2.45) is 0 Å². The van der Waals surface area contributed by atoms with Gasteiger partial charge in [-0.05, 0) is 48.9 Å². The number of nitrogens with one attached hydrogen (secondary N) is 2. The van der Waals surface area contributed by atoms with Crippen LogP contribution in [-0.2, 0) is 20.6 Å².